The van der Waals surface area contributed by atoms with Gasteiger partial charge in [0, 0.05) is 44.1 Å². The summed E-state index contributed by atoms with van der Waals surface area (Å²) in [6.07, 6.45) is 3.52. The number of pyridine rings is 1. The molecule has 21 heavy (non-hydrogen) atoms. The zero-order valence-corrected chi connectivity index (χ0v) is 12.2. The lowest BCUT2D eigenvalue weighted by Crippen LogP contribution is -2.46. The largest absolute Gasteiger partial charge is 0.336 e. The van der Waals surface area contributed by atoms with Crippen LogP contribution in [0, 0.1) is 6.92 Å². The van der Waals surface area contributed by atoms with E-state index in [4.69, 9.17) is 0 Å². The molecule has 4 nitrogen and oxygen atoms in total. The Morgan fingerprint density at radius 3 is 2.57 bits per heavy atom. The number of hydrogen-bond donors (Lipinski definition) is 1. The number of rotatable bonds is 2. The minimum atomic E-state index is 0.0827. The highest BCUT2D eigenvalue weighted by Gasteiger charge is 2.21. The number of nitrogens with one attached hydrogen (secondary N) is 1. The van der Waals surface area contributed by atoms with Gasteiger partial charge in [-0.3, -0.25) is 9.78 Å². The van der Waals surface area contributed by atoms with E-state index in [0.717, 1.165) is 42.9 Å². The smallest absolute Gasteiger partial charge is 0.255 e. The number of amides is 1. The van der Waals surface area contributed by atoms with Crippen molar-refractivity contribution in [1.82, 2.24) is 15.2 Å². The molecule has 4 heteroatoms. The van der Waals surface area contributed by atoms with E-state index < -0.39 is 0 Å². The van der Waals surface area contributed by atoms with Gasteiger partial charge in [-0.05, 0) is 18.1 Å². The van der Waals surface area contributed by atoms with Crippen LogP contribution in [0.2, 0.25) is 0 Å². The molecule has 1 saturated heterocycles. The van der Waals surface area contributed by atoms with Crippen LogP contribution in [0.3, 0.4) is 0 Å². The summed E-state index contributed by atoms with van der Waals surface area (Å²) in [4.78, 5) is 18.8. The summed E-state index contributed by atoms with van der Waals surface area (Å²) < 4.78 is 0. The quantitative estimate of drug-likeness (QED) is 0.917. The normalized spacial score (nSPS) is 15.0. The van der Waals surface area contributed by atoms with Crippen molar-refractivity contribution >= 4 is 5.91 Å². The molecule has 108 valence electrons. The Labute approximate surface area is 124 Å². The van der Waals surface area contributed by atoms with Crippen LogP contribution in [-0.4, -0.2) is 42.0 Å². The summed E-state index contributed by atoms with van der Waals surface area (Å²) in [5, 5.41) is 3.26. The highest BCUT2D eigenvalue weighted by Crippen LogP contribution is 2.25. The van der Waals surface area contributed by atoms with Crippen molar-refractivity contribution in [1.29, 1.82) is 0 Å². The Hall–Kier alpha value is -2.20. The molecular weight excluding hydrogens is 262 g/mol. The van der Waals surface area contributed by atoms with E-state index in [9.17, 15) is 4.79 Å². The lowest BCUT2D eigenvalue weighted by Gasteiger charge is -2.28. The van der Waals surface area contributed by atoms with Gasteiger partial charge in [0.05, 0.1) is 5.56 Å². The SMILES string of the molecule is Cc1c(C(=O)N2CCNCC2)cncc1-c1ccccc1. The van der Waals surface area contributed by atoms with Gasteiger partial charge < -0.3 is 10.2 Å². The third-order valence-electron chi connectivity index (χ3n) is 3.93. The van der Waals surface area contributed by atoms with Crippen LogP contribution in [0.1, 0.15) is 15.9 Å². The molecule has 1 fully saturated rings. The summed E-state index contributed by atoms with van der Waals surface area (Å²) >= 11 is 0. The zero-order valence-electron chi connectivity index (χ0n) is 12.2. The molecule has 0 saturated carbocycles. The molecule has 2 aromatic rings. The van der Waals surface area contributed by atoms with Crippen LogP contribution in [-0.2, 0) is 0 Å². The van der Waals surface area contributed by atoms with Crippen molar-refractivity contribution in [3.8, 4) is 11.1 Å². The van der Waals surface area contributed by atoms with Crippen LogP contribution in [0.4, 0.5) is 0 Å². The fraction of sp³-hybridized carbons (Fsp3) is 0.294. The predicted octanol–water partition coefficient (Wildman–Crippen LogP) is 2.10. The zero-order chi connectivity index (χ0) is 14.7. The minimum Gasteiger partial charge on any atom is -0.336 e. The highest BCUT2D eigenvalue weighted by molar-refractivity contribution is 5.97. The van der Waals surface area contributed by atoms with Gasteiger partial charge in [-0.1, -0.05) is 30.3 Å². The maximum absolute atomic E-state index is 12.7. The van der Waals surface area contributed by atoms with Crippen molar-refractivity contribution in [3.63, 3.8) is 0 Å². The summed E-state index contributed by atoms with van der Waals surface area (Å²) in [5.41, 5.74) is 3.83. The van der Waals surface area contributed by atoms with E-state index in [1.54, 1.807) is 6.20 Å². The second kappa shape index (κ2) is 6.06. The Morgan fingerprint density at radius 1 is 1.14 bits per heavy atom. The lowest BCUT2D eigenvalue weighted by molar-refractivity contribution is 0.0734. The summed E-state index contributed by atoms with van der Waals surface area (Å²) in [6.45, 7) is 5.23. The van der Waals surface area contributed by atoms with E-state index in [1.165, 1.54) is 0 Å². The molecule has 0 bridgehead atoms. The van der Waals surface area contributed by atoms with Gasteiger partial charge in [0.25, 0.3) is 5.91 Å². The summed E-state index contributed by atoms with van der Waals surface area (Å²) in [6, 6.07) is 10.1. The van der Waals surface area contributed by atoms with Crippen LogP contribution in [0.25, 0.3) is 11.1 Å². The Kier molecular flexibility index (Phi) is 3.97. The van der Waals surface area contributed by atoms with Gasteiger partial charge in [0.2, 0.25) is 0 Å². The number of aromatic nitrogens is 1. The molecule has 0 aliphatic carbocycles. The first-order valence-electron chi connectivity index (χ1n) is 7.27. The molecule has 1 N–H and O–H groups in total. The summed E-state index contributed by atoms with van der Waals surface area (Å²) in [5.74, 6) is 0.0827. The predicted molar refractivity (Wildman–Crippen MR) is 83.2 cm³/mol. The third-order valence-corrected chi connectivity index (χ3v) is 3.93. The van der Waals surface area contributed by atoms with E-state index in [0.29, 0.717) is 5.56 Å². The second-order valence-corrected chi connectivity index (χ2v) is 5.27. The van der Waals surface area contributed by atoms with Gasteiger partial charge in [-0.2, -0.15) is 0 Å². The van der Waals surface area contributed by atoms with Crippen LogP contribution >= 0.6 is 0 Å². The molecule has 0 radical (unpaired) electrons. The number of carbonyl (C=O) groups excluding carboxylic acids is 1. The fourth-order valence-corrected chi connectivity index (χ4v) is 2.69. The number of piperazine rings is 1. The topological polar surface area (TPSA) is 45.2 Å². The van der Waals surface area contributed by atoms with Crippen LogP contribution in [0.15, 0.2) is 42.7 Å². The van der Waals surface area contributed by atoms with E-state index >= 15 is 0 Å². The molecular formula is C17H19N3O. The molecule has 1 aliphatic heterocycles. The second-order valence-electron chi connectivity index (χ2n) is 5.27. The molecule has 1 aliphatic rings. The Balaban J connectivity index is 1.95. The fourth-order valence-electron chi connectivity index (χ4n) is 2.69. The molecule has 1 amide bonds. The maximum Gasteiger partial charge on any atom is 0.255 e. The Morgan fingerprint density at radius 2 is 1.86 bits per heavy atom. The molecule has 0 spiro atoms. The average Bonchev–Trinajstić information content (AvgIpc) is 2.56. The van der Waals surface area contributed by atoms with Crippen molar-refractivity contribution < 1.29 is 4.79 Å². The number of benzene rings is 1. The first-order chi connectivity index (χ1) is 10.3. The molecule has 1 aromatic heterocycles. The van der Waals surface area contributed by atoms with Gasteiger partial charge >= 0.3 is 0 Å². The molecule has 2 heterocycles. The van der Waals surface area contributed by atoms with Crippen molar-refractivity contribution in [2.75, 3.05) is 26.2 Å². The number of hydrogen-bond acceptors (Lipinski definition) is 3. The monoisotopic (exact) mass is 281 g/mol. The molecule has 3 rings (SSSR count). The van der Waals surface area contributed by atoms with Crippen molar-refractivity contribution in [3.05, 3.63) is 53.9 Å². The van der Waals surface area contributed by atoms with Crippen molar-refractivity contribution in [2.24, 2.45) is 0 Å². The lowest BCUT2D eigenvalue weighted by atomic mass is 9.99. The molecule has 0 atom stereocenters. The van der Waals surface area contributed by atoms with E-state index in [2.05, 4.69) is 10.3 Å². The Bertz CT molecular complexity index is 634. The average molecular weight is 281 g/mol. The van der Waals surface area contributed by atoms with Crippen molar-refractivity contribution in [2.45, 2.75) is 6.92 Å². The van der Waals surface area contributed by atoms with E-state index in [1.807, 2.05) is 48.4 Å². The van der Waals surface area contributed by atoms with Gasteiger partial charge in [0.15, 0.2) is 0 Å². The van der Waals surface area contributed by atoms with Gasteiger partial charge in [-0.25, -0.2) is 0 Å². The number of carbonyl (C=O) groups is 1. The maximum atomic E-state index is 12.7. The number of nitrogens with zero attached hydrogens (tertiary/aromatic N) is 2. The minimum absolute atomic E-state index is 0.0827. The first-order valence-corrected chi connectivity index (χ1v) is 7.27. The first kappa shape index (κ1) is 13.8. The summed E-state index contributed by atoms with van der Waals surface area (Å²) in [7, 11) is 0. The van der Waals surface area contributed by atoms with E-state index in [-0.39, 0.29) is 5.91 Å². The standard InChI is InChI=1S/C17H19N3O/c1-13-15(14-5-3-2-4-6-14)11-19-12-16(13)17(21)20-9-7-18-8-10-20/h2-6,11-12,18H,7-10H2,1H3. The molecule has 0 unspecified atom stereocenters. The van der Waals surface area contributed by atoms with Crippen LogP contribution in [0.5, 0.6) is 0 Å². The van der Waals surface area contributed by atoms with Crippen LogP contribution < -0.4 is 5.32 Å². The third kappa shape index (κ3) is 2.81. The van der Waals surface area contributed by atoms with Gasteiger partial charge in [-0.15, -0.1) is 0 Å². The molecule has 1 aromatic carbocycles. The van der Waals surface area contributed by atoms with Gasteiger partial charge in [0.1, 0.15) is 0 Å². The highest BCUT2D eigenvalue weighted by atomic mass is 16.2.